The predicted molar refractivity (Wildman–Crippen MR) is 92.9 cm³/mol. The van der Waals surface area contributed by atoms with E-state index in [0.29, 0.717) is 11.1 Å². The summed E-state index contributed by atoms with van der Waals surface area (Å²) in [5.41, 5.74) is -0.0184. The third-order valence-corrected chi connectivity index (χ3v) is 3.73. The van der Waals surface area contributed by atoms with Crippen molar-refractivity contribution in [1.29, 1.82) is 0 Å². The maximum atomic E-state index is 12.6. The van der Waals surface area contributed by atoms with E-state index in [1.165, 1.54) is 38.6 Å². The molecule has 0 amide bonds. The van der Waals surface area contributed by atoms with E-state index < -0.39 is 10.9 Å². The summed E-state index contributed by atoms with van der Waals surface area (Å²) in [5, 5.41) is 11.9. The maximum Gasteiger partial charge on any atom is 0.347 e. The van der Waals surface area contributed by atoms with Crippen molar-refractivity contribution in [2.75, 3.05) is 14.2 Å². The van der Waals surface area contributed by atoms with Gasteiger partial charge in [-0.2, -0.15) is 0 Å². The van der Waals surface area contributed by atoms with Crippen LogP contribution in [0.25, 0.3) is 10.9 Å². The van der Waals surface area contributed by atoms with Crippen molar-refractivity contribution in [2.45, 2.75) is 0 Å². The highest BCUT2D eigenvalue weighted by atomic mass is 16.6. The van der Waals surface area contributed by atoms with Crippen LogP contribution in [0.3, 0.4) is 0 Å². The Morgan fingerprint density at radius 1 is 1.12 bits per heavy atom. The van der Waals surface area contributed by atoms with Crippen molar-refractivity contribution in [3.05, 3.63) is 64.3 Å². The molecule has 0 radical (unpaired) electrons. The Morgan fingerprint density at radius 2 is 1.92 bits per heavy atom. The summed E-state index contributed by atoms with van der Waals surface area (Å²) in [6.07, 6.45) is 1.47. The SMILES string of the molecule is COc1ccc(C(=O)Oc2c([N+](=O)[O-])ccc3cccnc23)c(OC)c1. The minimum Gasteiger partial charge on any atom is -0.497 e. The summed E-state index contributed by atoms with van der Waals surface area (Å²) in [6.45, 7) is 0. The molecule has 0 aliphatic heterocycles. The lowest BCUT2D eigenvalue weighted by Gasteiger charge is -2.11. The lowest BCUT2D eigenvalue weighted by atomic mass is 10.1. The molecule has 3 rings (SSSR count). The topological polar surface area (TPSA) is 101 Å². The molecular formula is C18H14N2O6. The standard InChI is InChI=1S/C18H14N2O6/c1-24-12-6-7-13(15(10-12)25-2)18(21)26-17-14(20(22)23)8-5-11-4-3-9-19-16(11)17/h3-10H,1-2H3. The number of fused-ring (bicyclic) bond motifs is 1. The highest BCUT2D eigenvalue weighted by molar-refractivity contribution is 5.98. The number of rotatable bonds is 5. The molecular weight excluding hydrogens is 340 g/mol. The number of methoxy groups -OCH3 is 2. The second kappa shape index (κ2) is 7.06. The van der Waals surface area contributed by atoms with E-state index in [2.05, 4.69) is 4.98 Å². The van der Waals surface area contributed by atoms with Gasteiger partial charge in [-0.15, -0.1) is 0 Å². The molecule has 132 valence electrons. The minimum atomic E-state index is -0.800. The summed E-state index contributed by atoms with van der Waals surface area (Å²) < 4.78 is 15.6. The Hall–Kier alpha value is -3.68. The van der Waals surface area contributed by atoms with Gasteiger partial charge in [0.1, 0.15) is 22.6 Å². The van der Waals surface area contributed by atoms with Gasteiger partial charge < -0.3 is 14.2 Å². The van der Waals surface area contributed by atoms with Gasteiger partial charge in [-0.05, 0) is 24.3 Å². The van der Waals surface area contributed by atoms with E-state index >= 15 is 0 Å². The molecule has 0 N–H and O–H groups in total. The zero-order valence-corrected chi connectivity index (χ0v) is 14.0. The van der Waals surface area contributed by atoms with Crippen LogP contribution in [0.5, 0.6) is 17.2 Å². The Labute approximate surface area is 148 Å². The molecule has 8 heteroatoms. The number of esters is 1. The summed E-state index contributed by atoms with van der Waals surface area (Å²) in [6, 6.07) is 10.8. The van der Waals surface area contributed by atoms with Crippen LogP contribution in [0, 0.1) is 10.1 Å². The number of carbonyl (C=O) groups excluding carboxylic acids is 1. The maximum absolute atomic E-state index is 12.6. The zero-order chi connectivity index (χ0) is 18.7. The number of nitrogens with zero attached hydrogens (tertiary/aromatic N) is 2. The first-order valence-electron chi connectivity index (χ1n) is 7.51. The Morgan fingerprint density at radius 3 is 2.62 bits per heavy atom. The van der Waals surface area contributed by atoms with Crippen LogP contribution < -0.4 is 14.2 Å². The minimum absolute atomic E-state index is 0.107. The second-order valence-corrected chi connectivity index (χ2v) is 5.20. The number of carbonyl (C=O) groups is 1. The van der Waals surface area contributed by atoms with Crippen molar-refractivity contribution in [3.8, 4) is 17.2 Å². The largest absolute Gasteiger partial charge is 0.497 e. The molecule has 1 heterocycles. The molecule has 0 aliphatic rings. The van der Waals surface area contributed by atoms with E-state index in [1.807, 2.05) is 0 Å². The molecule has 3 aromatic rings. The predicted octanol–water partition coefficient (Wildman–Crippen LogP) is 3.38. The number of nitro groups is 1. The highest BCUT2D eigenvalue weighted by Crippen LogP contribution is 2.35. The van der Waals surface area contributed by atoms with Crippen LogP contribution in [0.15, 0.2) is 48.7 Å². The monoisotopic (exact) mass is 354 g/mol. The lowest BCUT2D eigenvalue weighted by Crippen LogP contribution is -2.12. The van der Waals surface area contributed by atoms with Crippen LogP contribution in [0.1, 0.15) is 10.4 Å². The molecule has 0 spiro atoms. The molecule has 26 heavy (non-hydrogen) atoms. The first-order valence-corrected chi connectivity index (χ1v) is 7.51. The number of ether oxygens (including phenoxy) is 3. The van der Waals surface area contributed by atoms with Crippen LogP contribution in [-0.2, 0) is 0 Å². The van der Waals surface area contributed by atoms with Crippen molar-refractivity contribution in [2.24, 2.45) is 0 Å². The molecule has 0 unspecified atom stereocenters. The van der Waals surface area contributed by atoms with Gasteiger partial charge >= 0.3 is 11.7 Å². The third kappa shape index (κ3) is 3.12. The van der Waals surface area contributed by atoms with E-state index in [-0.39, 0.29) is 28.3 Å². The summed E-state index contributed by atoms with van der Waals surface area (Å²) >= 11 is 0. The van der Waals surface area contributed by atoms with Gasteiger partial charge in [-0.3, -0.25) is 15.1 Å². The number of benzene rings is 2. The van der Waals surface area contributed by atoms with Crippen molar-refractivity contribution >= 4 is 22.6 Å². The van der Waals surface area contributed by atoms with Gasteiger partial charge in [0.25, 0.3) is 0 Å². The van der Waals surface area contributed by atoms with Gasteiger partial charge in [0.2, 0.25) is 5.75 Å². The molecule has 0 aliphatic carbocycles. The van der Waals surface area contributed by atoms with Crippen LogP contribution in [0.2, 0.25) is 0 Å². The molecule has 0 fully saturated rings. The van der Waals surface area contributed by atoms with Crippen molar-refractivity contribution in [1.82, 2.24) is 4.98 Å². The lowest BCUT2D eigenvalue weighted by molar-refractivity contribution is -0.385. The summed E-state index contributed by atoms with van der Waals surface area (Å²) in [7, 11) is 2.88. The average Bonchev–Trinajstić information content (AvgIpc) is 2.67. The summed E-state index contributed by atoms with van der Waals surface area (Å²) in [5.74, 6) is -0.289. The van der Waals surface area contributed by atoms with Crippen LogP contribution in [-0.4, -0.2) is 30.1 Å². The number of hydrogen-bond acceptors (Lipinski definition) is 7. The van der Waals surface area contributed by atoms with Gasteiger partial charge in [-0.1, -0.05) is 6.07 Å². The summed E-state index contributed by atoms with van der Waals surface area (Å²) in [4.78, 5) is 27.4. The number of nitro benzene ring substituents is 1. The average molecular weight is 354 g/mol. The molecule has 8 nitrogen and oxygen atoms in total. The van der Waals surface area contributed by atoms with Gasteiger partial charge in [0.05, 0.1) is 19.1 Å². The third-order valence-electron chi connectivity index (χ3n) is 3.73. The number of hydrogen-bond donors (Lipinski definition) is 0. The van der Waals surface area contributed by atoms with Crippen LogP contribution in [0.4, 0.5) is 5.69 Å². The van der Waals surface area contributed by atoms with E-state index in [9.17, 15) is 14.9 Å². The van der Waals surface area contributed by atoms with Crippen LogP contribution >= 0.6 is 0 Å². The normalized spacial score (nSPS) is 10.4. The number of pyridine rings is 1. The Kier molecular flexibility index (Phi) is 4.66. The van der Waals surface area contributed by atoms with E-state index in [1.54, 1.807) is 24.3 Å². The molecule has 0 saturated carbocycles. The fraction of sp³-hybridized carbons (Fsp3) is 0.111. The molecule has 1 aromatic heterocycles. The van der Waals surface area contributed by atoms with Gasteiger partial charge in [0, 0.05) is 23.7 Å². The Balaban J connectivity index is 2.07. The van der Waals surface area contributed by atoms with Crippen molar-refractivity contribution in [3.63, 3.8) is 0 Å². The van der Waals surface area contributed by atoms with Gasteiger partial charge in [-0.25, -0.2) is 4.79 Å². The zero-order valence-electron chi connectivity index (χ0n) is 14.0. The fourth-order valence-electron chi connectivity index (χ4n) is 2.47. The van der Waals surface area contributed by atoms with E-state index in [4.69, 9.17) is 14.2 Å². The fourth-order valence-corrected chi connectivity index (χ4v) is 2.47. The van der Waals surface area contributed by atoms with E-state index in [0.717, 1.165) is 0 Å². The van der Waals surface area contributed by atoms with Crippen molar-refractivity contribution < 1.29 is 23.9 Å². The number of aromatic nitrogens is 1. The smallest absolute Gasteiger partial charge is 0.347 e. The molecule has 2 aromatic carbocycles. The highest BCUT2D eigenvalue weighted by Gasteiger charge is 2.24. The molecule has 0 bridgehead atoms. The first kappa shape index (κ1) is 17.2. The quantitative estimate of drug-likeness (QED) is 0.299. The Bertz CT molecular complexity index is 1000. The van der Waals surface area contributed by atoms with Gasteiger partial charge in [0.15, 0.2) is 0 Å². The first-order chi connectivity index (χ1) is 12.5. The second-order valence-electron chi connectivity index (χ2n) is 5.20. The molecule has 0 saturated heterocycles. The molecule has 0 atom stereocenters.